The first-order valence-corrected chi connectivity index (χ1v) is 5.62. The first kappa shape index (κ1) is 10.6. The Morgan fingerprint density at radius 1 is 1.53 bits per heavy atom. The second-order valence-electron chi connectivity index (χ2n) is 3.65. The maximum Gasteiger partial charge on any atom is 0.270 e. The molecule has 5 heteroatoms. The van der Waals surface area contributed by atoms with Crippen molar-refractivity contribution in [1.29, 1.82) is 0 Å². The topological polar surface area (TPSA) is 55.2 Å². The normalized spacial score (nSPS) is 20.5. The van der Waals surface area contributed by atoms with Gasteiger partial charge in [-0.15, -0.1) is 0 Å². The Balaban J connectivity index is 2.29. The third-order valence-corrected chi connectivity index (χ3v) is 3.38. The Morgan fingerprint density at radius 3 is 2.87 bits per heavy atom. The summed E-state index contributed by atoms with van der Waals surface area (Å²) in [6.07, 6.45) is 1.09. The number of nitrogens with one attached hydrogen (secondary N) is 1. The lowest BCUT2D eigenvalue weighted by molar-refractivity contribution is -0.384. The largest absolute Gasteiger partial charge is 0.316 e. The van der Waals surface area contributed by atoms with Crippen LogP contribution in [0.25, 0.3) is 0 Å². The lowest BCUT2D eigenvalue weighted by Gasteiger charge is -2.10. The van der Waals surface area contributed by atoms with Gasteiger partial charge in [-0.25, -0.2) is 0 Å². The number of benzene rings is 1. The second-order valence-corrected chi connectivity index (χ2v) is 4.51. The van der Waals surface area contributed by atoms with Gasteiger partial charge >= 0.3 is 0 Å². The molecule has 0 aliphatic carbocycles. The van der Waals surface area contributed by atoms with Gasteiger partial charge in [-0.05, 0) is 24.4 Å². The molecule has 4 nitrogen and oxygen atoms in total. The molecule has 1 aliphatic rings. The van der Waals surface area contributed by atoms with Gasteiger partial charge in [-0.3, -0.25) is 10.1 Å². The first-order valence-electron chi connectivity index (χ1n) is 4.83. The van der Waals surface area contributed by atoms with Crippen molar-refractivity contribution >= 4 is 21.6 Å². The van der Waals surface area contributed by atoms with Crippen molar-refractivity contribution in [1.82, 2.24) is 5.32 Å². The summed E-state index contributed by atoms with van der Waals surface area (Å²) in [5.41, 5.74) is 1.29. The van der Waals surface area contributed by atoms with Gasteiger partial charge in [0, 0.05) is 23.2 Å². The van der Waals surface area contributed by atoms with E-state index in [0.717, 1.165) is 29.5 Å². The van der Waals surface area contributed by atoms with Crippen molar-refractivity contribution in [2.24, 2.45) is 0 Å². The number of nitrogens with zero attached hydrogens (tertiary/aromatic N) is 1. The fraction of sp³-hybridized carbons (Fsp3) is 0.400. The Hall–Kier alpha value is -0.940. The number of hydrogen-bond donors (Lipinski definition) is 1. The van der Waals surface area contributed by atoms with Crippen LogP contribution in [0.2, 0.25) is 0 Å². The summed E-state index contributed by atoms with van der Waals surface area (Å²) in [5.74, 6) is 0.472. The molecule has 15 heavy (non-hydrogen) atoms. The molecule has 0 aromatic heterocycles. The van der Waals surface area contributed by atoms with Crippen LogP contribution < -0.4 is 5.32 Å². The maximum atomic E-state index is 10.6. The molecule has 0 amide bonds. The molecular formula is C10H11BrN2O2. The van der Waals surface area contributed by atoms with Gasteiger partial charge in [0.25, 0.3) is 5.69 Å². The molecule has 1 aromatic carbocycles. The zero-order valence-electron chi connectivity index (χ0n) is 8.07. The summed E-state index contributed by atoms with van der Waals surface area (Å²) in [5, 5.41) is 13.8. The highest BCUT2D eigenvalue weighted by molar-refractivity contribution is 9.10. The Kier molecular flexibility index (Phi) is 3.02. The van der Waals surface area contributed by atoms with Crippen LogP contribution in [0.5, 0.6) is 0 Å². The average Bonchev–Trinajstić information content (AvgIpc) is 2.70. The van der Waals surface area contributed by atoms with E-state index in [1.807, 2.05) is 6.07 Å². The van der Waals surface area contributed by atoms with Crippen molar-refractivity contribution in [3.63, 3.8) is 0 Å². The summed E-state index contributed by atoms with van der Waals surface area (Å²) in [4.78, 5) is 10.2. The van der Waals surface area contributed by atoms with E-state index in [4.69, 9.17) is 0 Å². The molecule has 1 heterocycles. The zero-order chi connectivity index (χ0) is 10.8. The van der Waals surface area contributed by atoms with E-state index in [1.165, 1.54) is 0 Å². The van der Waals surface area contributed by atoms with Gasteiger partial charge < -0.3 is 5.32 Å². The highest BCUT2D eigenvalue weighted by atomic mass is 79.9. The van der Waals surface area contributed by atoms with Gasteiger partial charge in [-0.1, -0.05) is 22.0 Å². The average molecular weight is 271 g/mol. The predicted molar refractivity (Wildman–Crippen MR) is 61.0 cm³/mol. The number of hydrogen-bond acceptors (Lipinski definition) is 3. The molecular weight excluding hydrogens is 260 g/mol. The van der Waals surface area contributed by atoms with E-state index in [9.17, 15) is 10.1 Å². The molecule has 0 radical (unpaired) electrons. The van der Waals surface area contributed by atoms with E-state index in [-0.39, 0.29) is 10.6 Å². The van der Waals surface area contributed by atoms with Crippen LogP contribution in [0.15, 0.2) is 22.7 Å². The third kappa shape index (κ3) is 2.18. The lowest BCUT2D eigenvalue weighted by Crippen LogP contribution is -2.08. The predicted octanol–water partition coefficient (Wildman–Crippen LogP) is 2.43. The van der Waals surface area contributed by atoms with Gasteiger partial charge in [0.15, 0.2) is 0 Å². The number of non-ortho nitro benzene ring substituents is 1. The SMILES string of the molecule is O=[N+]([O-])c1ccc(C2CCNC2)c(Br)c1. The smallest absolute Gasteiger partial charge is 0.270 e. The number of nitro benzene ring substituents is 1. The van der Waals surface area contributed by atoms with Crippen molar-refractivity contribution in [3.8, 4) is 0 Å². The van der Waals surface area contributed by atoms with Crippen molar-refractivity contribution in [3.05, 3.63) is 38.3 Å². The first-order chi connectivity index (χ1) is 7.18. The van der Waals surface area contributed by atoms with Crippen molar-refractivity contribution in [2.75, 3.05) is 13.1 Å². The number of halogens is 1. The van der Waals surface area contributed by atoms with Crippen LogP contribution in [0, 0.1) is 10.1 Å². The van der Waals surface area contributed by atoms with Crippen LogP contribution in [0.4, 0.5) is 5.69 Å². The summed E-state index contributed by atoms with van der Waals surface area (Å²) in [7, 11) is 0. The molecule has 1 N–H and O–H groups in total. The number of nitro groups is 1. The molecule has 1 atom stereocenters. The Bertz CT molecular complexity index is 389. The molecule has 0 spiro atoms. The van der Waals surface area contributed by atoms with Crippen LogP contribution in [0.3, 0.4) is 0 Å². The minimum absolute atomic E-state index is 0.136. The third-order valence-electron chi connectivity index (χ3n) is 2.69. The molecule has 1 unspecified atom stereocenters. The molecule has 1 aliphatic heterocycles. The van der Waals surface area contributed by atoms with Crippen molar-refractivity contribution in [2.45, 2.75) is 12.3 Å². The van der Waals surface area contributed by atoms with Crippen LogP contribution in [-0.2, 0) is 0 Å². The minimum Gasteiger partial charge on any atom is -0.316 e. The van der Waals surface area contributed by atoms with Gasteiger partial charge in [0.2, 0.25) is 0 Å². The fourth-order valence-corrected chi connectivity index (χ4v) is 2.57. The molecule has 0 saturated carbocycles. The van der Waals surface area contributed by atoms with Crippen molar-refractivity contribution < 1.29 is 4.92 Å². The maximum absolute atomic E-state index is 10.6. The van der Waals surface area contributed by atoms with Gasteiger partial charge in [0.05, 0.1) is 4.92 Å². The van der Waals surface area contributed by atoms with E-state index in [1.54, 1.807) is 12.1 Å². The zero-order valence-corrected chi connectivity index (χ0v) is 9.66. The monoisotopic (exact) mass is 270 g/mol. The highest BCUT2D eigenvalue weighted by Gasteiger charge is 2.20. The minimum atomic E-state index is -0.374. The molecule has 1 aromatic rings. The summed E-state index contributed by atoms with van der Waals surface area (Å²) in [6, 6.07) is 4.99. The van der Waals surface area contributed by atoms with E-state index in [0.29, 0.717) is 5.92 Å². The van der Waals surface area contributed by atoms with E-state index in [2.05, 4.69) is 21.2 Å². The summed E-state index contributed by atoms with van der Waals surface area (Å²) >= 11 is 3.39. The van der Waals surface area contributed by atoms with Crippen LogP contribution >= 0.6 is 15.9 Å². The molecule has 1 fully saturated rings. The summed E-state index contributed by atoms with van der Waals surface area (Å²) < 4.78 is 0.838. The molecule has 2 rings (SSSR count). The van der Waals surface area contributed by atoms with Gasteiger partial charge in [-0.2, -0.15) is 0 Å². The summed E-state index contributed by atoms with van der Waals surface area (Å²) in [6.45, 7) is 1.98. The second kappa shape index (κ2) is 4.28. The quantitative estimate of drug-likeness (QED) is 0.664. The van der Waals surface area contributed by atoms with E-state index < -0.39 is 0 Å². The standard InChI is InChI=1S/C10H11BrN2O2/c11-10-5-8(13(14)15)1-2-9(10)7-3-4-12-6-7/h1-2,5,7,12H,3-4,6H2. The Morgan fingerprint density at radius 2 is 2.33 bits per heavy atom. The Labute approximate surface area is 96.0 Å². The fourth-order valence-electron chi connectivity index (χ4n) is 1.88. The highest BCUT2D eigenvalue weighted by Crippen LogP contribution is 2.31. The van der Waals surface area contributed by atoms with E-state index >= 15 is 0 Å². The van der Waals surface area contributed by atoms with Crippen LogP contribution in [-0.4, -0.2) is 18.0 Å². The molecule has 80 valence electrons. The molecule has 1 saturated heterocycles. The molecule has 0 bridgehead atoms. The van der Waals surface area contributed by atoms with Gasteiger partial charge in [0.1, 0.15) is 0 Å². The van der Waals surface area contributed by atoms with Crippen LogP contribution in [0.1, 0.15) is 17.9 Å². The number of rotatable bonds is 2. The lowest BCUT2D eigenvalue weighted by atomic mass is 9.98.